The maximum atomic E-state index is 14.0. The number of esters is 1. The lowest BCUT2D eigenvalue weighted by Gasteiger charge is -2.13. The number of carbonyl (C=O) groups excluding carboxylic acids is 2. The van der Waals surface area contributed by atoms with Gasteiger partial charge in [-0.3, -0.25) is 4.79 Å². The van der Waals surface area contributed by atoms with Crippen LogP contribution in [0.3, 0.4) is 0 Å². The number of ether oxygens (including phenoxy) is 2. The molecule has 0 atom stereocenters. The molecule has 0 fully saturated rings. The van der Waals surface area contributed by atoms with Crippen LogP contribution < -0.4 is 10.1 Å². The van der Waals surface area contributed by atoms with Gasteiger partial charge in [-0.25, -0.2) is 9.78 Å². The maximum Gasteiger partial charge on any atom is 0.341 e. The zero-order valence-corrected chi connectivity index (χ0v) is 26.0. The highest BCUT2D eigenvalue weighted by Crippen LogP contribution is 2.41. The van der Waals surface area contributed by atoms with Crippen LogP contribution in [0.1, 0.15) is 71.2 Å². The minimum atomic E-state index is -0.464. The van der Waals surface area contributed by atoms with Crippen LogP contribution in [0.15, 0.2) is 78.9 Å². The van der Waals surface area contributed by atoms with Gasteiger partial charge in [0.2, 0.25) is 0 Å². The summed E-state index contributed by atoms with van der Waals surface area (Å²) >= 11 is 1.37. The van der Waals surface area contributed by atoms with Crippen LogP contribution in [-0.2, 0) is 4.74 Å². The van der Waals surface area contributed by atoms with Gasteiger partial charge in [-0.15, -0.1) is 11.3 Å². The molecule has 0 bridgehead atoms. The fourth-order valence-corrected chi connectivity index (χ4v) is 6.12. The van der Waals surface area contributed by atoms with Crippen molar-refractivity contribution in [3.63, 3.8) is 0 Å². The van der Waals surface area contributed by atoms with E-state index in [1.54, 1.807) is 13.0 Å². The van der Waals surface area contributed by atoms with E-state index in [4.69, 9.17) is 14.5 Å². The predicted octanol–water partition coefficient (Wildman–Crippen LogP) is 9.28. The number of aryl methyl sites for hydroxylation is 1. The van der Waals surface area contributed by atoms with Gasteiger partial charge in [0.15, 0.2) is 0 Å². The molecule has 6 nitrogen and oxygen atoms in total. The van der Waals surface area contributed by atoms with E-state index < -0.39 is 5.97 Å². The molecule has 3 aromatic carbocycles. The van der Waals surface area contributed by atoms with Crippen LogP contribution >= 0.6 is 11.3 Å². The summed E-state index contributed by atoms with van der Waals surface area (Å²) in [4.78, 5) is 33.1. The molecule has 0 spiro atoms. The number of aromatic nitrogens is 1. The van der Waals surface area contributed by atoms with E-state index in [0.717, 1.165) is 39.1 Å². The molecule has 0 saturated heterocycles. The number of nitrogens with zero attached hydrogens (tertiary/aromatic N) is 1. The molecule has 7 heteroatoms. The number of nitrogens with one attached hydrogen (secondary N) is 1. The number of fused-ring (bicyclic) bond motifs is 1. The molecule has 5 rings (SSSR count). The van der Waals surface area contributed by atoms with Crippen molar-refractivity contribution >= 4 is 39.1 Å². The minimum absolute atomic E-state index is 0.228. The Morgan fingerprint density at radius 1 is 0.930 bits per heavy atom. The van der Waals surface area contributed by atoms with Gasteiger partial charge >= 0.3 is 5.97 Å². The summed E-state index contributed by atoms with van der Waals surface area (Å²) in [7, 11) is 0. The number of rotatable bonds is 10. The topological polar surface area (TPSA) is 77.5 Å². The third-order valence-electron chi connectivity index (χ3n) is 7.22. The van der Waals surface area contributed by atoms with Crippen LogP contribution in [0.25, 0.3) is 33.3 Å². The quantitative estimate of drug-likeness (QED) is 0.164. The number of amides is 1. The van der Waals surface area contributed by atoms with Gasteiger partial charge in [0.05, 0.1) is 30.0 Å². The third-order valence-corrected chi connectivity index (χ3v) is 8.24. The van der Waals surface area contributed by atoms with Gasteiger partial charge in [0.25, 0.3) is 5.91 Å². The number of hydrogen-bond acceptors (Lipinski definition) is 6. The molecule has 2 heterocycles. The van der Waals surface area contributed by atoms with Crippen molar-refractivity contribution in [2.45, 2.75) is 47.0 Å². The molecule has 0 saturated carbocycles. The fraction of sp³-hybridized carbons (Fsp3) is 0.250. The van der Waals surface area contributed by atoms with E-state index in [2.05, 4.69) is 38.2 Å². The number of pyridine rings is 1. The van der Waals surface area contributed by atoms with Crippen molar-refractivity contribution in [2.75, 3.05) is 18.5 Å². The van der Waals surface area contributed by atoms with E-state index in [1.807, 2.05) is 67.6 Å². The summed E-state index contributed by atoms with van der Waals surface area (Å²) in [5.74, 6) is 0.354. The molecule has 43 heavy (non-hydrogen) atoms. The molecule has 0 unspecified atom stereocenters. The van der Waals surface area contributed by atoms with E-state index >= 15 is 0 Å². The monoisotopic (exact) mass is 592 g/mol. The summed E-state index contributed by atoms with van der Waals surface area (Å²) in [6, 6.07) is 25.3. The van der Waals surface area contributed by atoms with Gasteiger partial charge in [0, 0.05) is 21.4 Å². The molecule has 1 N–H and O–H groups in total. The summed E-state index contributed by atoms with van der Waals surface area (Å²) in [6.07, 6.45) is 0.906. The minimum Gasteiger partial charge on any atom is -0.494 e. The second kappa shape index (κ2) is 13.2. The lowest BCUT2D eigenvalue weighted by Crippen LogP contribution is -2.15. The van der Waals surface area contributed by atoms with Gasteiger partial charge in [-0.05, 0) is 61.6 Å². The average molecular weight is 593 g/mol. The fourth-order valence-electron chi connectivity index (χ4n) is 5.06. The predicted molar refractivity (Wildman–Crippen MR) is 175 cm³/mol. The van der Waals surface area contributed by atoms with E-state index in [-0.39, 0.29) is 12.5 Å². The number of hydrogen-bond donors (Lipinski definition) is 1. The summed E-state index contributed by atoms with van der Waals surface area (Å²) in [6.45, 7) is 10.9. The zero-order valence-electron chi connectivity index (χ0n) is 25.2. The van der Waals surface area contributed by atoms with Gasteiger partial charge in [-0.1, -0.05) is 75.4 Å². The Bertz CT molecular complexity index is 1770. The Labute approximate surface area is 256 Å². The van der Waals surface area contributed by atoms with Gasteiger partial charge in [0.1, 0.15) is 16.3 Å². The Hall–Kier alpha value is -4.49. The highest BCUT2D eigenvalue weighted by molar-refractivity contribution is 7.17. The van der Waals surface area contributed by atoms with Crippen LogP contribution in [0.4, 0.5) is 5.00 Å². The lowest BCUT2D eigenvalue weighted by atomic mass is 9.97. The first-order valence-electron chi connectivity index (χ1n) is 14.7. The van der Waals surface area contributed by atoms with Crippen LogP contribution in [-0.4, -0.2) is 30.1 Å². The Balaban J connectivity index is 1.57. The molecule has 220 valence electrons. The van der Waals surface area contributed by atoms with E-state index in [9.17, 15) is 9.59 Å². The molecule has 1 amide bonds. The van der Waals surface area contributed by atoms with Crippen molar-refractivity contribution in [2.24, 2.45) is 0 Å². The van der Waals surface area contributed by atoms with E-state index in [0.29, 0.717) is 39.9 Å². The second-order valence-corrected chi connectivity index (χ2v) is 11.9. The van der Waals surface area contributed by atoms with Gasteiger partial charge in [-0.2, -0.15) is 0 Å². The molecule has 0 radical (unpaired) electrons. The summed E-state index contributed by atoms with van der Waals surface area (Å²) < 4.78 is 11.3. The largest absolute Gasteiger partial charge is 0.494 e. The van der Waals surface area contributed by atoms with Crippen LogP contribution in [0, 0.1) is 6.92 Å². The Morgan fingerprint density at radius 3 is 2.42 bits per heavy atom. The highest BCUT2D eigenvalue weighted by Gasteiger charge is 2.26. The van der Waals surface area contributed by atoms with Crippen LogP contribution in [0.5, 0.6) is 5.75 Å². The normalized spacial score (nSPS) is 11.1. The summed E-state index contributed by atoms with van der Waals surface area (Å²) in [5.41, 5.74) is 5.93. The maximum absolute atomic E-state index is 14.0. The van der Waals surface area contributed by atoms with Gasteiger partial charge < -0.3 is 14.8 Å². The first-order valence-corrected chi connectivity index (χ1v) is 15.5. The Morgan fingerprint density at radius 2 is 1.70 bits per heavy atom. The molecule has 0 aliphatic carbocycles. The van der Waals surface area contributed by atoms with E-state index in [1.165, 1.54) is 16.9 Å². The first-order chi connectivity index (χ1) is 20.8. The lowest BCUT2D eigenvalue weighted by molar-refractivity contribution is 0.0529. The molecular formula is C36H36N2O4S. The molecule has 5 aromatic rings. The molecule has 2 aromatic heterocycles. The average Bonchev–Trinajstić information content (AvgIpc) is 3.34. The standard InChI is InChI=1S/C36H36N2O4S/c1-6-19-42-27-12-10-11-26(20-27)31-21-29(28-13-8-9-14-30(28)37-31)34(39)38-35-33(36(40)41-7-2)32(23(5)43-35)25-17-15-24(16-18-25)22(3)4/h8-18,20-22H,6-7,19H2,1-5H3,(H,38,39). The molecule has 0 aliphatic heterocycles. The van der Waals surface area contributed by atoms with Crippen molar-refractivity contribution < 1.29 is 19.1 Å². The Kier molecular flexibility index (Phi) is 9.22. The van der Waals surface area contributed by atoms with Crippen molar-refractivity contribution in [3.8, 4) is 28.1 Å². The summed E-state index contributed by atoms with van der Waals surface area (Å²) in [5, 5.41) is 4.24. The number of benzene rings is 3. The number of thiophene rings is 1. The zero-order chi connectivity index (χ0) is 30.5. The molecule has 0 aliphatic rings. The molecular weight excluding hydrogens is 556 g/mol. The number of carbonyl (C=O) groups is 2. The first kappa shape index (κ1) is 30.0. The number of anilines is 1. The highest BCUT2D eigenvalue weighted by atomic mass is 32.1. The SMILES string of the molecule is CCCOc1cccc(-c2cc(C(=O)Nc3sc(C)c(-c4ccc(C(C)C)cc4)c3C(=O)OCC)c3ccccc3n2)c1. The van der Waals surface area contributed by atoms with Crippen LogP contribution in [0.2, 0.25) is 0 Å². The van der Waals surface area contributed by atoms with Crippen molar-refractivity contribution in [1.29, 1.82) is 0 Å². The smallest absolute Gasteiger partial charge is 0.341 e. The second-order valence-electron chi connectivity index (χ2n) is 10.6. The third kappa shape index (κ3) is 6.47. The van der Waals surface area contributed by atoms with Crippen molar-refractivity contribution in [3.05, 3.63) is 100 Å². The number of para-hydroxylation sites is 1. The van der Waals surface area contributed by atoms with Crippen molar-refractivity contribution in [1.82, 2.24) is 4.98 Å².